The van der Waals surface area contributed by atoms with Gasteiger partial charge in [-0.3, -0.25) is 19.7 Å². The van der Waals surface area contributed by atoms with Crippen molar-refractivity contribution in [2.24, 2.45) is 10.2 Å². The zero-order chi connectivity index (χ0) is 21.6. The van der Waals surface area contributed by atoms with Crippen molar-refractivity contribution in [2.75, 3.05) is 12.4 Å². The summed E-state index contributed by atoms with van der Waals surface area (Å²) in [5.41, 5.74) is -0.00585. The Labute approximate surface area is 164 Å². The third-order valence-corrected chi connectivity index (χ3v) is 3.67. The Kier molecular flexibility index (Phi) is 6.69. The van der Waals surface area contributed by atoms with Crippen molar-refractivity contribution >= 4 is 34.7 Å². The maximum atomic E-state index is 12.4. The molecule has 1 atom stereocenters. The number of ether oxygens (including phenoxy) is 1. The summed E-state index contributed by atoms with van der Waals surface area (Å²) in [7, 11) is 1.28. The molecule has 0 radical (unpaired) electrons. The van der Waals surface area contributed by atoms with Crippen LogP contribution in [0.2, 0.25) is 0 Å². The first kappa shape index (κ1) is 21.2. The number of amides is 1. The molecular formula is C18H16N4O7. The first-order valence-electron chi connectivity index (χ1n) is 8.11. The Hall–Kier alpha value is -4.15. The van der Waals surface area contributed by atoms with Gasteiger partial charge in [-0.2, -0.15) is 10.2 Å². The highest BCUT2D eigenvalue weighted by Crippen LogP contribution is 2.31. The number of nitrogens with one attached hydrogen (secondary N) is 1. The summed E-state index contributed by atoms with van der Waals surface area (Å²) in [6.45, 7) is 1.14. The third kappa shape index (κ3) is 5.42. The fourth-order valence-electron chi connectivity index (χ4n) is 2.24. The molecule has 1 unspecified atom stereocenters. The van der Waals surface area contributed by atoms with E-state index in [2.05, 4.69) is 15.5 Å². The quantitative estimate of drug-likeness (QED) is 0.298. The van der Waals surface area contributed by atoms with Crippen LogP contribution in [0.3, 0.4) is 0 Å². The summed E-state index contributed by atoms with van der Waals surface area (Å²) < 4.78 is 5.02. The number of Topliss-reactive ketones (excluding diaryl/α,β-unsaturated/α-hetero) is 1. The zero-order valence-electron chi connectivity index (χ0n) is 15.4. The number of hydrogen-bond donors (Lipinski definition) is 2. The van der Waals surface area contributed by atoms with E-state index in [-0.39, 0.29) is 28.4 Å². The maximum absolute atomic E-state index is 12.4. The van der Waals surface area contributed by atoms with Crippen molar-refractivity contribution in [2.45, 2.75) is 13.0 Å². The summed E-state index contributed by atoms with van der Waals surface area (Å²) in [5, 5.41) is 29.8. The SMILES string of the molecule is COc1cc([N+](=O)[O-])ccc1N=NC(C(C)=O)C(=O)Nc1cccc(C(=O)O)c1. The molecule has 0 aliphatic carbocycles. The van der Waals surface area contributed by atoms with Crippen LogP contribution in [0.15, 0.2) is 52.7 Å². The average Bonchev–Trinajstić information content (AvgIpc) is 2.67. The largest absolute Gasteiger partial charge is 0.494 e. The van der Waals surface area contributed by atoms with Gasteiger partial charge >= 0.3 is 5.97 Å². The van der Waals surface area contributed by atoms with Gasteiger partial charge in [-0.15, -0.1) is 0 Å². The minimum atomic E-state index is -1.51. The van der Waals surface area contributed by atoms with Gasteiger partial charge < -0.3 is 15.2 Å². The van der Waals surface area contributed by atoms with E-state index in [4.69, 9.17) is 9.84 Å². The van der Waals surface area contributed by atoms with Gasteiger partial charge in [-0.25, -0.2) is 4.79 Å². The molecule has 0 aliphatic heterocycles. The third-order valence-electron chi connectivity index (χ3n) is 3.67. The zero-order valence-corrected chi connectivity index (χ0v) is 15.4. The van der Waals surface area contributed by atoms with Gasteiger partial charge in [0.2, 0.25) is 6.04 Å². The Bertz CT molecular complexity index is 1000. The number of carbonyl (C=O) groups excluding carboxylic acids is 2. The molecule has 2 rings (SSSR count). The molecule has 150 valence electrons. The number of azo groups is 1. The number of carboxylic acid groups (broad SMARTS) is 1. The molecule has 1 amide bonds. The predicted molar refractivity (Wildman–Crippen MR) is 101 cm³/mol. The van der Waals surface area contributed by atoms with Gasteiger partial charge in [-0.05, 0) is 31.2 Å². The molecule has 0 bridgehead atoms. The van der Waals surface area contributed by atoms with Gasteiger partial charge in [0.05, 0.1) is 23.7 Å². The number of anilines is 1. The Morgan fingerprint density at radius 3 is 2.52 bits per heavy atom. The van der Waals surface area contributed by atoms with Crippen LogP contribution in [0.4, 0.5) is 17.1 Å². The Morgan fingerprint density at radius 1 is 1.21 bits per heavy atom. The van der Waals surface area contributed by atoms with E-state index in [0.29, 0.717) is 0 Å². The van der Waals surface area contributed by atoms with Crippen molar-refractivity contribution in [1.82, 2.24) is 0 Å². The van der Waals surface area contributed by atoms with Gasteiger partial charge in [-0.1, -0.05) is 6.07 Å². The van der Waals surface area contributed by atoms with Crippen LogP contribution in [0.5, 0.6) is 5.75 Å². The van der Waals surface area contributed by atoms with E-state index in [0.717, 1.165) is 13.0 Å². The van der Waals surface area contributed by atoms with Crippen LogP contribution in [0, 0.1) is 10.1 Å². The number of nitro groups is 1. The normalized spacial score (nSPS) is 11.7. The lowest BCUT2D eigenvalue weighted by molar-refractivity contribution is -0.384. The molecule has 0 saturated heterocycles. The van der Waals surface area contributed by atoms with Crippen molar-refractivity contribution in [3.63, 3.8) is 0 Å². The number of nitrogens with zero attached hydrogens (tertiary/aromatic N) is 3. The number of benzene rings is 2. The monoisotopic (exact) mass is 400 g/mol. The number of carboxylic acids is 1. The number of nitro benzene ring substituents is 1. The topological polar surface area (TPSA) is 161 Å². The average molecular weight is 400 g/mol. The number of ketones is 1. The fraction of sp³-hybridized carbons (Fsp3) is 0.167. The van der Waals surface area contributed by atoms with E-state index in [9.17, 15) is 24.5 Å². The summed E-state index contributed by atoms with van der Waals surface area (Å²) in [4.78, 5) is 45.5. The number of methoxy groups -OCH3 is 1. The van der Waals surface area contributed by atoms with Gasteiger partial charge in [0.1, 0.15) is 5.69 Å². The molecule has 2 aromatic carbocycles. The smallest absolute Gasteiger partial charge is 0.335 e. The molecule has 11 heteroatoms. The minimum Gasteiger partial charge on any atom is -0.494 e. The summed E-state index contributed by atoms with van der Waals surface area (Å²) in [6.07, 6.45) is 0. The number of rotatable bonds is 8. The minimum absolute atomic E-state index is 0.0415. The summed E-state index contributed by atoms with van der Waals surface area (Å²) >= 11 is 0. The second-order valence-electron chi connectivity index (χ2n) is 5.72. The number of carbonyl (C=O) groups is 3. The molecule has 2 aromatic rings. The molecular weight excluding hydrogens is 384 g/mol. The molecule has 0 spiro atoms. The fourth-order valence-corrected chi connectivity index (χ4v) is 2.24. The number of non-ortho nitro benzene ring substituents is 1. The molecule has 2 N–H and O–H groups in total. The van der Waals surface area contributed by atoms with Gasteiger partial charge in [0.25, 0.3) is 11.6 Å². The highest BCUT2D eigenvalue weighted by atomic mass is 16.6. The van der Waals surface area contributed by atoms with Crippen LogP contribution < -0.4 is 10.1 Å². The lowest BCUT2D eigenvalue weighted by atomic mass is 10.1. The van der Waals surface area contributed by atoms with Crippen LogP contribution in [-0.2, 0) is 9.59 Å². The van der Waals surface area contributed by atoms with Crippen molar-refractivity contribution in [3.05, 3.63) is 58.1 Å². The predicted octanol–water partition coefficient (Wildman–Crippen LogP) is 2.98. The van der Waals surface area contributed by atoms with Crippen LogP contribution in [-0.4, -0.2) is 40.8 Å². The maximum Gasteiger partial charge on any atom is 0.335 e. The van der Waals surface area contributed by atoms with Crippen molar-refractivity contribution in [3.8, 4) is 5.75 Å². The summed E-state index contributed by atoms with van der Waals surface area (Å²) in [5.74, 6) is -2.56. The number of aromatic carboxylic acids is 1. The Morgan fingerprint density at radius 2 is 1.93 bits per heavy atom. The standard InChI is InChI=1S/C18H16N4O7/c1-10(23)16(17(24)19-12-5-3-4-11(8-12)18(25)26)21-20-14-7-6-13(22(27)28)9-15(14)29-2/h3-9,16H,1-2H3,(H,19,24)(H,25,26). The molecule has 0 saturated carbocycles. The lowest BCUT2D eigenvalue weighted by Gasteiger charge is -2.10. The second-order valence-corrected chi connectivity index (χ2v) is 5.72. The van der Waals surface area contributed by atoms with E-state index >= 15 is 0 Å². The molecule has 29 heavy (non-hydrogen) atoms. The van der Waals surface area contributed by atoms with Crippen LogP contribution >= 0.6 is 0 Å². The first-order chi connectivity index (χ1) is 13.7. The Balaban J connectivity index is 2.25. The molecule has 0 heterocycles. The molecule has 0 aliphatic rings. The highest BCUT2D eigenvalue weighted by Gasteiger charge is 2.24. The van der Waals surface area contributed by atoms with E-state index < -0.39 is 28.6 Å². The number of hydrogen-bond acceptors (Lipinski definition) is 8. The van der Waals surface area contributed by atoms with Crippen LogP contribution in [0.1, 0.15) is 17.3 Å². The van der Waals surface area contributed by atoms with Crippen molar-refractivity contribution in [1.29, 1.82) is 0 Å². The van der Waals surface area contributed by atoms with E-state index in [1.165, 1.54) is 43.5 Å². The van der Waals surface area contributed by atoms with E-state index in [1.54, 1.807) is 0 Å². The van der Waals surface area contributed by atoms with E-state index in [1.807, 2.05) is 0 Å². The van der Waals surface area contributed by atoms with Gasteiger partial charge in [0.15, 0.2) is 11.5 Å². The molecule has 11 nitrogen and oxygen atoms in total. The second kappa shape index (κ2) is 9.17. The molecule has 0 aromatic heterocycles. The molecule has 0 fully saturated rings. The van der Waals surface area contributed by atoms with Crippen LogP contribution in [0.25, 0.3) is 0 Å². The highest BCUT2D eigenvalue weighted by molar-refractivity contribution is 6.10. The lowest BCUT2D eigenvalue weighted by Crippen LogP contribution is -2.31. The first-order valence-corrected chi connectivity index (χ1v) is 8.11. The van der Waals surface area contributed by atoms with Crippen molar-refractivity contribution < 1.29 is 29.2 Å². The van der Waals surface area contributed by atoms with Gasteiger partial charge in [0, 0.05) is 11.8 Å². The summed E-state index contributed by atoms with van der Waals surface area (Å²) in [6, 6.07) is 7.54.